The van der Waals surface area contributed by atoms with E-state index < -0.39 is 9.84 Å². The summed E-state index contributed by atoms with van der Waals surface area (Å²) in [7, 11) is -1.14. The highest BCUT2D eigenvalue weighted by molar-refractivity contribution is 7.90. The normalized spacial score (nSPS) is 11.9. The van der Waals surface area contributed by atoms with Crippen LogP contribution in [-0.4, -0.2) is 23.7 Å². The molecule has 0 aliphatic rings. The topological polar surface area (TPSA) is 52.0 Å². The molecule has 0 amide bonds. The summed E-state index contributed by atoms with van der Waals surface area (Å²) in [6.45, 7) is 3.54. The van der Waals surface area contributed by atoms with Crippen molar-refractivity contribution in [3.63, 3.8) is 0 Å². The van der Waals surface area contributed by atoms with E-state index in [2.05, 4.69) is 4.98 Å². The maximum Gasteiger partial charge on any atom is 0.157 e. The van der Waals surface area contributed by atoms with Gasteiger partial charge < -0.3 is 4.57 Å². The minimum atomic E-state index is -2.97. The van der Waals surface area contributed by atoms with E-state index in [4.69, 9.17) is 0 Å². The summed E-state index contributed by atoms with van der Waals surface area (Å²) < 4.78 is 24.4. The van der Waals surface area contributed by atoms with Crippen LogP contribution in [0.2, 0.25) is 0 Å². The van der Waals surface area contributed by atoms with Gasteiger partial charge in [-0.05, 0) is 6.92 Å². The van der Waals surface area contributed by atoms with E-state index in [1.165, 1.54) is 0 Å². The van der Waals surface area contributed by atoms with Crippen LogP contribution in [0.25, 0.3) is 0 Å². The zero-order chi connectivity index (χ0) is 10.1. The molecule has 0 bridgehead atoms. The van der Waals surface area contributed by atoms with Crippen molar-refractivity contribution in [1.29, 1.82) is 0 Å². The van der Waals surface area contributed by atoms with Crippen molar-refractivity contribution in [3.8, 4) is 0 Å². The molecule has 0 fully saturated rings. The number of aromatic nitrogens is 2. The molecule has 0 aromatic carbocycles. The smallest absolute Gasteiger partial charge is 0.157 e. The second kappa shape index (κ2) is 3.49. The first-order chi connectivity index (χ1) is 5.96. The van der Waals surface area contributed by atoms with Crippen molar-refractivity contribution < 1.29 is 8.42 Å². The van der Waals surface area contributed by atoms with Gasteiger partial charge in [0, 0.05) is 24.7 Å². The molecule has 1 heterocycles. The van der Waals surface area contributed by atoms with E-state index in [0.717, 1.165) is 5.69 Å². The van der Waals surface area contributed by atoms with E-state index in [1.54, 1.807) is 17.7 Å². The summed E-state index contributed by atoms with van der Waals surface area (Å²) >= 11 is 0. The van der Waals surface area contributed by atoms with Crippen LogP contribution in [0.15, 0.2) is 6.20 Å². The first-order valence-electron chi connectivity index (χ1n) is 4.14. The minimum Gasteiger partial charge on any atom is -0.335 e. The minimum absolute atomic E-state index is 0.0356. The van der Waals surface area contributed by atoms with Gasteiger partial charge in [-0.25, -0.2) is 13.4 Å². The Balaban J connectivity index is 2.93. The molecule has 0 atom stereocenters. The third kappa shape index (κ3) is 2.30. The fourth-order valence-electron chi connectivity index (χ4n) is 0.978. The summed E-state index contributed by atoms with van der Waals surface area (Å²) in [5.41, 5.74) is 0.973. The molecule has 1 aromatic heterocycles. The largest absolute Gasteiger partial charge is 0.335 e. The van der Waals surface area contributed by atoms with Gasteiger partial charge in [0.25, 0.3) is 0 Å². The van der Waals surface area contributed by atoms with Gasteiger partial charge in [0.2, 0.25) is 0 Å². The van der Waals surface area contributed by atoms with Gasteiger partial charge in [0.1, 0.15) is 11.6 Å². The first kappa shape index (κ1) is 10.2. The fourth-order valence-corrected chi connectivity index (χ4v) is 1.84. The molecule has 0 spiro atoms. The maximum atomic E-state index is 11.3. The maximum absolute atomic E-state index is 11.3. The number of rotatable bonds is 3. The monoisotopic (exact) mass is 202 g/mol. The summed E-state index contributed by atoms with van der Waals surface area (Å²) in [6, 6.07) is 0. The molecule has 0 aliphatic carbocycles. The van der Waals surface area contributed by atoms with E-state index >= 15 is 0 Å². The summed E-state index contributed by atoms with van der Waals surface area (Å²) in [6.07, 6.45) is 1.68. The van der Waals surface area contributed by atoms with Gasteiger partial charge in [0.05, 0.1) is 0 Å². The predicted molar refractivity (Wildman–Crippen MR) is 51.1 cm³/mol. The molecule has 0 N–H and O–H groups in total. The lowest BCUT2D eigenvalue weighted by atomic mass is 10.5. The van der Waals surface area contributed by atoms with Gasteiger partial charge in [-0.2, -0.15) is 0 Å². The summed E-state index contributed by atoms with van der Waals surface area (Å²) in [4.78, 5) is 4.03. The highest BCUT2D eigenvalue weighted by Crippen LogP contribution is 2.06. The number of aryl methyl sites for hydroxylation is 1. The van der Waals surface area contributed by atoms with Gasteiger partial charge in [0.15, 0.2) is 9.84 Å². The van der Waals surface area contributed by atoms with Gasteiger partial charge in [-0.1, -0.05) is 6.92 Å². The summed E-state index contributed by atoms with van der Waals surface area (Å²) in [5, 5.41) is 0. The SMILES string of the molecule is CCS(=O)(=O)Cc1ncc(C)n1C. The molecule has 0 radical (unpaired) electrons. The molecule has 1 aromatic rings. The Bertz CT molecular complexity index is 392. The highest BCUT2D eigenvalue weighted by atomic mass is 32.2. The lowest BCUT2D eigenvalue weighted by molar-refractivity contribution is 0.593. The average molecular weight is 202 g/mol. The Labute approximate surface area is 78.5 Å². The van der Waals surface area contributed by atoms with Crippen LogP contribution in [0.5, 0.6) is 0 Å². The third-order valence-electron chi connectivity index (χ3n) is 2.11. The van der Waals surface area contributed by atoms with Crippen molar-refractivity contribution >= 4 is 9.84 Å². The zero-order valence-corrected chi connectivity index (χ0v) is 8.93. The number of nitrogens with zero attached hydrogens (tertiary/aromatic N) is 2. The van der Waals surface area contributed by atoms with Crippen LogP contribution in [0, 0.1) is 6.92 Å². The second-order valence-electron chi connectivity index (χ2n) is 3.05. The molecule has 5 heteroatoms. The summed E-state index contributed by atoms with van der Waals surface area (Å²) in [5.74, 6) is 0.812. The first-order valence-corrected chi connectivity index (χ1v) is 5.96. The standard InChI is InChI=1S/C8H14N2O2S/c1-4-13(11,12)6-8-9-5-7(2)10(8)3/h5H,4,6H2,1-3H3. The van der Waals surface area contributed by atoms with Crippen molar-refractivity contribution in [2.24, 2.45) is 7.05 Å². The number of sulfone groups is 1. The van der Waals surface area contributed by atoms with Crippen LogP contribution in [0.4, 0.5) is 0 Å². The Hall–Kier alpha value is -0.840. The second-order valence-corrected chi connectivity index (χ2v) is 5.40. The van der Waals surface area contributed by atoms with E-state index in [-0.39, 0.29) is 11.5 Å². The molecule has 1 rings (SSSR count). The van der Waals surface area contributed by atoms with Gasteiger partial charge in [-0.3, -0.25) is 0 Å². The Morgan fingerprint density at radius 1 is 1.54 bits per heavy atom. The quantitative estimate of drug-likeness (QED) is 0.723. The predicted octanol–water partition coefficient (Wildman–Crippen LogP) is 0.663. The van der Waals surface area contributed by atoms with E-state index in [0.29, 0.717) is 5.82 Å². The third-order valence-corrected chi connectivity index (χ3v) is 3.68. The number of hydrogen-bond donors (Lipinski definition) is 0. The fraction of sp³-hybridized carbons (Fsp3) is 0.625. The molecule has 13 heavy (non-hydrogen) atoms. The van der Waals surface area contributed by atoms with Crippen LogP contribution < -0.4 is 0 Å². The van der Waals surface area contributed by atoms with Crippen molar-refractivity contribution in [2.75, 3.05) is 5.75 Å². The van der Waals surface area contributed by atoms with Gasteiger partial charge >= 0.3 is 0 Å². The highest BCUT2D eigenvalue weighted by Gasteiger charge is 2.13. The van der Waals surface area contributed by atoms with E-state index in [1.807, 2.05) is 14.0 Å². The molecule has 0 saturated heterocycles. The Kier molecular flexibility index (Phi) is 2.75. The molecule has 74 valence electrons. The van der Waals surface area contributed by atoms with Crippen LogP contribution in [-0.2, 0) is 22.6 Å². The molecule has 0 saturated carbocycles. The zero-order valence-electron chi connectivity index (χ0n) is 8.11. The van der Waals surface area contributed by atoms with Crippen molar-refractivity contribution in [3.05, 3.63) is 17.7 Å². The number of hydrogen-bond acceptors (Lipinski definition) is 3. The molecule has 4 nitrogen and oxygen atoms in total. The molecular formula is C8H14N2O2S. The average Bonchev–Trinajstić information content (AvgIpc) is 2.36. The van der Waals surface area contributed by atoms with Gasteiger partial charge in [-0.15, -0.1) is 0 Å². The van der Waals surface area contributed by atoms with E-state index in [9.17, 15) is 8.42 Å². The Morgan fingerprint density at radius 3 is 2.54 bits per heavy atom. The van der Waals surface area contributed by atoms with Crippen LogP contribution >= 0.6 is 0 Å². The lowest BCUT2D eigenvalue weighted by Crippen LogP contribution is -2.11. The number of imidazole rings is 1. The molecule has 0 aliphatic heterocycles. The molecular weight excluding hydrogens is 188 g/mol. The Morgan fingerprint density at radius 2 is 2.15 bits per heavy atom. The molecule has 0 unspecified atom stereocenters. The van der Waals surface area contributed by atoms with Crippen molar-refractivity contribution in [2.45, 2.75) is 19.6 Å². The van der Waals surface area contributed by atoms with Crippen molar-refractivity contribution in [1.82, 2.24) is 9.55 Å². The van der Waals surface area contributed by atoms with Crippen LogP contribution in [0.1, 0.15) is 18.4 Å². The lowest BCUT2D eigenvalue weighted by Gasteiger charge is -2.02. The van der Waals surface area contributed by atoms with Crippen LogP contribution in [0.3, 0.4) is 0 Å².